The number of thioether (sulfide) groups is 1. The molecule has 0 spiro atoms. The summed E-state index contributed by atoms with van der Waals surface area (Å²) in [5, 5.41) is 9.43. The van der Waals surface area contributed by atoms with E-state index in [-0.39, 0.29) is 35.6 Å². The predicted octanol–water partition coefficient (Wildman–Crippen LogP) is 3.05. The van der Waals surface area contributed by atoms with Crippen LogP contribution in [0.25, 0.3) is 0 Å². The summed E-state index contributed by atoms with van der Waals surface area (Å²) in [5.41, 5.74) is -0.242. The van der Waals surface area contributed by atoms with Crippen molar-refractivity contribution in [1.29, 1.82) is 0 Å². The monoisotopic (exact) mass is 541 g/mol. The number of amides is 1. The maximum Gasteiger partial charge on any atom is 0.407 e. The van der Waals surface area contributed by atoms with Gasteiger partial charge in [0, 0.05) is 49.8 Å². The minimum Gasteiger partial charge on any atom is -0.444 e. The summed E-state index contributed by atoms with van der Waals surface area (Å²) in [6, 6.07) is 0. The van der Waals surface area contributed by atoms with Gasteiger partial charge in [0.05, 0.1) is 6.54 Å². The van der Waals surface area contributed by atoms with Crippen molar-refractivity contribution < 1.29 is 9.53 Å². The van der Waals surface area contributed by atoms with E-state index in [9.17, 15) is 4.79 Å². The molecule has 3 N–H and O–H groups in total. The standard InChI is InChI=1S/C20H39N5O2S.HI/c1-5-21-17(22-10-11-23-18(26)27-19(2,3)4)24-16-20(8-6-7-9-20)25-12-14-28-15-13-25;/h5-16H2,1-4H3,(H,23,26)(H2,21,22,24);1H. The maximum atomic E-state index is 11.7. The Morgan fingerprint density at radius 2 is 1.72 bits per heavy atom. The molecule has 1 aliphatic heterocycles. The molecular formula is C20H40IN5O2S. The van der Waals surface area contributed by atoms with Crippen LogP contribution in [0.3, 0.4) is 0 Å². The smallest absolute Gasteiger partial charge is 0.407 e. The summed E-state index contributed by atoms with van der Waals surface area (Å²) in [7, 11) is 0. The van der Waals surface area contributed by atoms with E-state index in [0.717, 1.165) is 19.0 Å². The van der Waals surface area contributed by atoms with Crippen LogP contribution in [0.4, 0.5) is 4.79 Å². The van der Waals surface area contributed by atoms with Gasteiger partial charge < -0.3 is 20.7 Å². The number of hydrogen-bond donors (Lipinski definition) is 3. The van der Waals surface area contributed by atoms with E-state index in [1.807, 2.05) is 20.8 Å². The number of carbonyl (C=O) groups excluding carboxylic acids is 1. The molecule has 2 fully saturated rings. The maximum absolute atomic E-state index is 11.7. The molecule has 0 unspecified atom stereocenters. The summed E-state index contributed by atoms with van der Waals surface area (Å²) >= 11 is 2.06. The Balaban J connectivity index is 0.00000420. The third kappa shape index (κ3) is 9.50. The zero-order valence-corrected chi connectivity index (χ0v) is 21.7. The zero-order valence-electron chi connectivity index (χ0n) is 18.5. The number of halogens is 1. The average Bonchev–Trinajstić information content (AvgIpc) is 3.12. The van der Waals surface area contributed by atoms with E-state index in [1.54, 1.807) is 0 Å². The Labute approximate surface area is 198 Å². The highest BCUT2D eigenvalue weighted by Gasteiger charge is 2.39. The second-order valence-electron chi connectivity index (χ2n) is 8.58. The first kappa shape index (κ1) is 26.6. The van der Waals surface area contributed by atoms with E-state index >= 15 is 0 Å². The second-order valence-corrected chi connectivity index (χ2v) is 9.81. The van der Waals surface area contributed by atoms with E-state index in [0.29, 0.717) is 13.1 Å². The molecule has 1 amide bonds. The van der Waals surface area contributed by atoms with Gasteiger partial charge >= 0.3 is 6.09 Å². The normalized spacial score (nSPS) is 19.9. The van der Waals surface area contributed by atoms with Gasteiger partial charge in [-0.15, -0.1) is 24.0 Å². The van der Waals surface area contributed by atoms with Crippen LogP contribution in [0.15, 0.2) is 4.99 Å². The SMILES string of the molecule is CCNC(=NCC1(N2CCSCC2)CCCC1)NCCNC(=O)OC(C)(C)C.I. The molecule has 1 heterocycles. The van der Waals surface area contributed by atoms with Gasteiger partial charge in [-0.25, -0.2) is 4.79 Å². The van der Waals surface area contributed by atoms with Gasteiger partial charge in [-0.3, -0.25) is 9.89 Å². The summed E-state index contributed by atoms with van der Waals surface area (Å²) in [6.45, 7) is 12.8. The minimum absolute atomic E-state index is 0. The largest absolute Gasteiger partial charge is 0.444 e. The van der Waals surface area contributed by atoms with Crippen molar-refractivity contribution in [3.8, 4) is 0 Å². The fourth-order valence-electron chi connectivity index (χ4n) is 3.87. The number of carbonyl (C=O) groups is 1. The molecule has 0 aromatic rings. The molecule has 0 atom stereocenters. The highest BCUT2D eigenvalue weighted by molar-refractivity contribution is 14.0. The summed E-state index contributed by atoms with van der Waals surface area (Å²) < 4.78 is 5.26. The van der Waals surface area contributed by atoms with Crippen molar-refractivity contribution in [3.05, 3.63) is 0 Å². The lowest BCUT2D eigenvalue weighted by molar-refractivity contribution is 0.0529. The van der Waals surface area contributed by atoms with Crippen LogP contribution in [-0.2, 0) is 4.74 Å². The number of guanidine groups is 1. The Kier molecular flexibility index (Phi) is 12.0. The number of hydrogen-bond acceptors (Lipinski definition) is 5. The minimum atomic E-state index is -0.476. The van der Waals surface area contributed by atoms with Crippen molar-refractivity contribution in [2.75, 3.05) is 50.8 Å². The molecular weight excluding hydrogens is 501 g/mol. The number of rotatable bonds is 7. The van der Waals surface area contributed by atoms with Crippen LogP contribution >= 0.6 is 35.7 Å². The Hall–Kier alpha value is -0.420. The third-order valence-corrected chi connectivity index (χ3v) is 6.12. The lowest BCUT2D eigenvalue weighted by Gasteiger charge is -2.42. The van der Waals surface area contributed by atoms with E-state index in [1.165, 1.54) is 50.3 Å². The predicted molar refractivity (Wildman–Crippen MR) is 134 cm³/mol. The molecule has 1 saturated carbocycles. The number of ether oxygens (including phenoxy) is 1. The average molecular weight is 542 g/mol. The van der Waals surface area contributed by atoms with Gasteiger partial charge in [0.2, 0.25) is 0 Å². The molecule has 0 bridgehead atoms. The Morgan fingerprint density at radius 1 is 1.10 bits per heavy atom. The molecule has 0 aromatic heterocycles. The Morgan fingerprint density at radius 3 is 2.31 bits per heavy atom. The van der Waals surface area contributed by atoms with Gasteiger partial charge in [0.15, 0.2) is 5.96 Å². The molecule has 0 aromatic carbocycles. The van der Waals surface area contributed by atoms with Crippen LogP contribution in [0, 0.1) is 0 Å². The Bertz CT molecular complexity index is 515. The van der Waals surface area contributed by atoms with Crippen LogP contribution in [-0.4, -0.2) is 78.9 Å². The molecule has 29 heavy (non-hydrogen) atoms. The van der Waals surface area contributed by atoms with E-state index in [4.69, 9.17) is 9.73 Å². The van der Waals surface area contributed by atoms with Crippen LogP contribution in [0.2, 0.25) is 0 Å². The molecule has 170 valence electrons. The molecule has 0 radical (unpaired) electrons. The van der Waals surface area contributed by atoms with Gasteiger partial charge in [0.1, 0.15) is 5.60 Å². The van der Waals surface area contributed by atoms with E-state index in [2.05, 4.69) is 39.5 Å². The van der Waals surface area contributed by atoms with Crippen LogP contribution in [0.5, 0.6) is 0 Å². The fraction of sp³-hybridized carbons (Fsp3) is 0.900. The number of alkyl carbamates (subject to hydrolysis) is 1. The first-order chi connectivity index (χ1) is 13.3. The lowest BCUT2D eigenvalue weighted by atomic mass is 9.95. The molecule has 7 nitrogen and oxygen atoms in total. The van der Waals surface area contributed by atoms with Gasteiger partial charge in [0.25, 0.3) is 0 Å². The third-order valence-electron chi connectivity index (χ3n) is 5.18. The van der Waals surface area contributed by atoms with Crippen molar-refractivity contribution >= 4 is 47.8 Å². The van der Waals surface area contributed by atoms with E-state index < -0.39 is 5.60 Å². The van der Waals surface area contributed by atoms with Crippen LogP contribution < -0.4 is 16.0 Å². The quantitative estimate of drug-likeness (QED) is 0.199. The summed E-state index contributed by atoms with van der Waals surface area (Å²) in [6.07, 6.45) is 4.73. The number of nitrogens with one attached hydrogen (secondary N) is 3. The van der Waals surface area contributed by atoms with Crippen molar-refractivity contribution in [2.24, 2.45) is 4.99 Å². The second kappa shape index (κ2) is 13.1. The summed E-state index contributed by atoms with van der Waals surface area (Å²) in [4.78, 5) is 19.3. The summed E-state index contributed by atoms with van der Waals surface area (Å²) in [5.74, 6) is 3.30. The first-order valence-corrected chi connectivity index (χ1v) is 11.8. The molecule has 2 aliphatic rings. The molecule has 9 heteroatoms. The topological polar surface area (TPSA) is 78.0 Å². The first-order valence-electron chi connectivity index (χ1n) is 10.7. The van der Waals surface area contributed by atoms with Gasteiger partial charge in [-0.1, -0.05) is 12.8 Å². The van der Waals surface area contributed by atoms with Crippen molar-refractivity contribution in [1.82, 2.24) is 20.9 Å². The number of nitrogens with zero attached hydrogens (tertiary/aromatic N) is 2. The van der Waals surface area contributed by atoms with Crippen LogP contribution in [0.1, 0.15) is 53.4 Å². The number of aliphatic imine (C=N–C) groups is 1. The van der Waals surface area contributed by atoms with Crippen molar-refractivity contribution in [3.63, 3.8) is 0 Å². The lowest BCUT2D eigenvalue weighted by Crippen LogP contribution is -2.53. The fourth-order valence-corrected chi connectivity index (χ4v) is 4.78. The van der Waals surface area contributed by atoms with Crippen molar-refractivity contribution in [2.45, 2.75) is 64.5 Å². The zero-order chi connectivity index (χ0) is 20.5. The highest BCUT2D eigenvalue weighted by atomic mass is 127. The van der Waals surface area contributed by atoms with Gasteiger partial charge in [-0.05, 0) is 40.5 Å². The van der Waals surface area contributed by atoms with Gasteiger partial charge in [-0.2, -0.15) is 11.8 Å². The highest BCUT2D eigenvalue weighted by Crippen LogP contribution is 2.37. The molecule has 1 saturated heterocycles. The molecule has 1 aliphatic carbocycles. The molecule has 2 rings (SSSR count).